The lowest BCUT2D eigenvalue weighted by Crippen LogP contribution is -2.50. The van der Waals surface area contributed by atoms with Crippen LogP contribution in [0.15, 0.2) is 48.5 Å². The fraction of sp³-hybridized carbons (Fsp3) is 0.300. The standard InChI is InChI=1S/C20H22Cl2N2O2/c1-12(2)18(24-19(25)14-7-5-4-6-8-14)20(26)23-13(3)15-9-10-16(21)17(22)11-15/h4-13,18H,1-3H3,(H,23,26)(H,24,25)/t13?,18-/m0/s1. The molecule has 138 valence electrons. The van der Waals surface area contributed by atoms with Crippen LogP contribution in [0, 0.1) is 5.92 Å². The van der Waals surface area contributed by atoms with E-state index in [1.807, 2.05) is 32.9 Å². The molecule has 0 heterocycles. The van der Waals surface area contributed by atoms with Crippen molar-refractivity contribution in [2.24, 2.45) is 5.92 Å². The maximum absolute atomic E-state index is 12.7. The lowest BCUT2D eigenvalue weighted by atomic mass is 10.0. The summed E-state index contributed by atoms with van der Waals surface area (Å²) in [4.78, 5) is 25.1. The van der Waals surface area contributed by atoms with Crippen LogP contribution in [0.1, 0.15) is 42.7 Å². The van der Waals surface area contributed by atoms with Gasteiger partial charge in [0.15, 0.2) is 0 Å². The van der Waals surface area contributed by atoms with E-state index in [-0.39, 0.29) is 23.8 Å². The van der Waals surface area contributed by atoms with Crippen molar-refractivity contribution in [1.82, 2.24) is 10.6 Å². The monoisotopic (exact) mass is 392 g/mol. The van der Waals surface area contributed by atoms with Gasteiger partial charge in [-0.15, -0.1) is 0 Å². The Morgan fingerprint density at radius 3 is 2.12 bits per heavy atom. The summed E-state index contributed by atoms with van der Waals surface area (Å²) in [7, 11) is 0. The Morgan fingerprint density at radius 2 is 1.54 bits per heavy atom. The lowest BCUT2D eigenvalue weighted by Gasteiger charge is -2.24. The van der Waals surface area contributed by atoms with Gasteiger partial charge < -0.3 is 10.6 Å². The van der Waals surface area contributed by atoms with E-state index in [2.05, 4.69) is 10.6 Å². The van der Waals surface area contributed by atoms with Crippen molar-refractivity contribution in [2.75, 3.05) is 0 Å². The van der Waals surface area contributed by atoms with E-state index in [9.17, 15) is 9.59 Å². The summed E-state index contributed by atoms with van der Waals surface area (Å²) >= 11 is 12.0. The minimum atomic E-state index is -0.645. The molecule has 2 amide bonds. The van der Waals surface area contributed by atoms with Crippen LogP contribution in [0.25, 0.3) is 0 Å². The van der Waals surface area contributed by atoms with Crippen LogP contribution in [0.4, 0.5) is 0 Å². The highest BCUT2D eigenvalue weighted by molar-refractivity contribution is 6.42. The van der Waals surface area contributed by atoms with E-state index < -0.39 is 6.04 Å². The molecule has 4 nitrogen and oxygen atoms in total. The van der Waals surface area contributed by atoms with Crippen molar-refractivity contribution in [3.63, 3.8) is 0 Å². The molecule has 1 unspecified atom stereocenters. The third kappa shape index (κ3) is 5.23. The molecule has 6 heteroatoms. The molecule has 0 bridgehead atoms. The van der Waals surface area contributed by atoms with Gasteiger partial charge in [-0.1, -0.05) is 61.3 Å². The van der Waals surface area contributed by atoms with Crippen molar-refractivity contribution >= 4 is 35.0 Å². The summed E-state index contributed by atoms with van der Waals surface area (Å²) in [5.74, 6) is -0.590. The topological polar surface area (TPSA) is 58.2 Å². The number of hydrogen-bond donors (Lipinski definition) is 2. The highest BCUT2D eigenvalue weighted by Gasteiger charge is 2.26. The van der Waals surface area contributed by atoms with Crippen molar-refractivity contribution in [3.8, 4) is 0 Å². The van der Waals surface area contributed by atoms with Crippen LogP contribution in [0.5, 0.6) is 0 Å². The Kier molecular flexibility index (Phi) is 7.06. The Bertz CT molecular complexity index is 779. The Labute approximate surface area is 163 Å². The number of rotatable bonds is 6. The summed E-state index contributed by atoms with van der Waals surface area (Å²) in [6, 6.07) is 13.1. The molecule has 0 aliphatic heterocycles. The molecule has 0 saturated carbocycles. The predicted octanol–water partition coefficient (Wildman–Crippen LogP) is 4.63. The molecule has 0 aromatic heterocycles. The maximum Gasteiger partial charge on any atom is 0.251 e. The largest absolute Gasteiger partial charge is 0.348 e. The van der Waals surface area contributed by atoms with Gasteiger partial charge in [-0.3, -0.25) is 9.59 Å². The summed E-state index contributed by atoms with van der Waals surface area (Å²) in [5, 5.41) is 6.63. The van der Waals surface area contributed by atoms with E-state index in [1.165, 1.54) is 0 Å². The number of nitrogens with one attached hydrogen (secondary N) is 2. The molecule has 0 aliphatic rings. The molecular formula is C20H22Cl2N2O2. The van der Waals surface area contributed by atoms with Crippen molar-refractivity contribution in [3.05, 3.63) is 69.7 Å². The highest BCUT2D eigenvalue weighted by atomic mass is 35.5. The smallest absolute Gasteiger partial charge is 0.251 e. The first-order valence-corrected chi connectivity index (χ1v) is 9.16. The van der Waals surface area contributed by atoms with Crippen LogP contribution >= 0.6 is 23.2 Å². The highest BCUT2D eigenvalue weighted by Crippen LogP contribution is 2.25. The summed E-state index contributed by atoms with van der Waals surface area (Å²) in [6.07, 6.45) is 0. The molecule has 0 saturated heterocycles. The number of benzene rings is 2. The van der Waals surface area contributed by atoms with Gasteiger partial charge in [-0.2, -0.15) is 0 Å². The van der Waals surface area contributed by atoms with Gasteiger partial charge in [-0.05, 0) is 42.7 Å². The number of halogens is 2. The Balaban J connectivity index is 2.08. The van der Waals surface area contributed by atoms with Gasteiger partial charge in [0.2, 0.25) is 5.91 Å². The van der Waals surface area contributed by atoms with E-state index in [0.717, 1.165) is 5.56 Å². The predicted molar refractivity (Wildman–Crippen MR) is 106 cm³/mol. The molecule has 2 aromatic carbocycles. The molecule has 0 fully saturated rings. The van der Waals surface area contributed by atoms with Crippen molar-refractivity contribution in [1.29, 1.82) is 0 Å². The molecule has 2 atom stereocenters. The number of carbonyl (C=O) groups excluding carboxylic acids is 2. The van der Waals surface area contributed by atoms with Gasteiger partial charge in [0.1, 0.15) is 6.04 Å². The number of amides is 2. The van der Waals surface area contributed by atoms with Crippen LogP contribution in [0.3, 0.4) is 0 Å². The van der Waals surface area contributed by atoms with Crippen LogP contribution in [0.2, 0.25) is 10.0 Å². The zero-order valence-electron chi connectivity index (χ0n) is 14.9. The van der Waals surface area contributed by atoms with E-state index >= 15 is 0 Å². The maximum atomic E-state index is 12.7. The molecule has 26 heavy (non-hydrogen) atoms. The van der Waals surface area contributed by atoms with E-state index in [4.69, 9.17) is 23.2 Å². The minimum absolute atomic E-state index is 0.0660. The van der Waals surface area contributed by atoms with Gasteiger partial charge in [0.05, 0.1) is 16.1 Å². The van der Waals surface area contributed by atoms with E-state index in [1.54, 1.807) is 36.4 Å². The normalized spacial score (nSPS) is 13.2. The molecule has 0 radical (unpaired) electrons. The van der Waals surface area contributed by atoms with Crippen LogP contribution in [-0.4, -0.2) is 17.9 Å². The zero-order valence-corrected chi connectivity index (χ0v) is 16.4. The second-order valence-corrected chi connectivity index (χ2v) is 7.28. The van der Waals surface area contributed by atoms with Gasteiger partial charge >= 0.3 is 0 Å². The summed E-state index contributed by atoms with van der Waals surface area (Å²) in [6.45, 7) is 5.63. The minimum Gasteiger partial charge on any atom is -0.348 e. The Morgan fingerprint density at radius 1 is 0.885 bits per heavy atom. The average molecular weight is 393 g/mol. The van der Waals surface area contributed by atoms with Crippen molar-refractivity contribution in [2.45, 2.75) is 32.9 Å². The molecule has 0 aliphatic carbocycles. The second kappa shape index (κ2) is 9.06. The zero-order chi connectivity index (χ0) is 19.3. The van der Waals surface area contributed by atoms with Gasteiger partial charge in [0.25, 0.3) is 5.91 Å². The van der Waals surface area contributed by atoms with Crippen molar-refractivity contribution < 1.29 is 9.59 Å². The first kappa shape index (κ1) is 20.3. The SMILES string of the molecule is CC(NC(=O)[C@@H](NC(=O)c1ccccc1)C(C)C)c1ccc(Cl)c(Cl)c1. The number of hydrogen-bond acceptors (Lipinski definition) is 2. The summed E-state index contributed by atoms with van der Waals surface area (Å²) < 4.78 is 0. The third-order valence-electron chi connectivity index (χ3n) is 4.07. The van der Waals surface area contributed by atoms with Crippen LogP contribution < -0.4 is 10.6 Å². The molecule has 2 N–H and O–H groups in total. The fourth-order valence-corrected chi connectivity index (χ4v) is 2.82. The first-order valence-electron chi connectivity index (χ1n) is 8.41. The molecule has 2 rings (SSSR count). The molecular weight excluding hydrogens is 371 g/mol. The second-order valence-electron chi connectivity index (χ2n) is 6.46. The molecule has 0 spiro atoms. The third-order valence-corrected chi connectivity index (χ3v) is 4.81. The van der Waals surface area contributed by atoms with Gasteiger partial charge in [-0.25, -0.2) is 0 Å². The molecule has 2 aromatic rings. The Hall–Kier alpha value is -2.04. The average Bonchev–Trinajstić information content (AvgIpc) is 2.62. The lowest BCUT2D eigenvalue weighted by molar-refractivity contribution is -0.124. The van der Waals surface area contributed by atoms with Gasteiger partial charge in [0, 0.05) is 5.56 Å². The van der Waals surface area contributed by atoms with Crippen LogP contribution in [-0.2, 0) is 4.79 Å². The van der Waals surface area contributed by atoms with E-state index in [0.29, 0.717) is 15.6 Å². The first-order chi connectivity index (χ1) is 12.3. The quantitative estimate of drug-likeness (QED) is 0.752. The fourth-order valence-electron chi connectivity index (χ4n) is 2.52. The number of carbonyl (C=O) groups is 2. The summed E-state index contributed by atoms with van der Waals surface area (Å²) in [5.41, 5.74) is 1.35.